The fraction of sp³-hybridized carbons (Fsp3) is 0.516. The van der Waals surface area contributed by atoms with Crippen molar-refractivity contribution in [2.24, 2.45) is 17.6 Å². The predicted molar refractivity (Wildman–Crippen MR) is 174 cm³/mol. The Bertz CT molecular complexity index is 1980. The molecule has 1 aromatic carbocycles. The van der Waals surface area contributed by atoms with Gasteiger partial charge in [-0.3, -0.25) is 14.4 Å². The monoisotopic (exact) mass is 786 g/mol. The molecule has 1 saturated carbocycles. The van der Waals surface area contributed by atoms with Crippen LogP contribution < -0.4 is 45.7 Å². The molecule has 4 aliphatic rings. The van der Waals surface area contributed by atoms with Crippen molar-refractivity contribution in [1.82, 2.24) is 25.2 Å². The third-order valence-electron chi connectivity index (χ3n) is 9.86. The summed E-state index contributed by atoms with van der Waals surface area (Å²) in [5, 5.41) is 29.4. The van der Waals surface area contributed by atoms with Crippen LogP contribution in [0.3, 0.4) is 0 Å². The van der Waals surface area contributed by atoms with E-state index in [0.29, 0.717) is 5.56 Å². The maximum Gasteiger partial charge on any atom is 1.00 e. The molecule has 0 bridgehead atoms. The average Bonchev–Trinajstić information content (AvgIpc) is 3.66. The second-order valence-corrected chi connectivity index (χ2v) is 17.7. The number of carboxylic acids is 2. The van der Waals surface area contributed by atoms with Crippen molar-refractivity contribution in [3.05, 3.63) is 47.3 Å². The Balaban J connectivity index is 0.000000235. The second kappa shape index (κ2) is 15.1. The molecule has 4 N–H and O–H groups in total. The Hall–Kier alpha value is -3.89. The molecule has 6 rings (SSSR count). The summed E-state index contributed by atoms with van der Waals surface area (Å²) in [5.74, 6) is -8.95. The quantitative estimate of drug-likeness (QED) is 0.122. The number of methoxy groups -OCH3 is 2. The number of nitrogens with two attached hydrogens (primary N) is 1. The molecule has 1 aliphatic carbocycles. The molecule has 8 atom stereocenters. The normalized spacial score (nSPS) is 29.0. The van der Waals surface area contributed by atoms with Crippen LogP contribution in [0.15, 0.2) is 30.3 Å². The first kappa shape index (κ1) is 41.9. The molecule has 19 nitrogen and oxygen atoms in total. The summed E-state index contributed by atoms with van der Waals surface area (Å²) in [5.41, 5.74) is 5.58. The van der Waals surface area contributed by atoms with E-state index in [9.17, 15) is 52.2 Å². The summed E-state index contributed by atoms with van der Waals surface area (Å²) in [6, 6.07) is 6.38. The molecular weight excluding hydrogens is 751 g/mol. The first-order valence-corrected chi connectivity index (χ1v) is 18.1. The molecular formula is C31H35N6NaO13S2. The number of hydrogen-bond acceptors (Lipinski definition) is 16. The van der Waals surface area contributed by atoms with Crippen LogP contribution in [0.4, 0.5) is 0 Å². The van der Waals surface area contributed by atoms with E-state index in [1.165, 1.54) is 16.7 Å². The molecule has 0 spiro atoms. The van der Waals surface area contributed by atoms with Gasteiger partial charge in [0.05, 0.1) is 30.8 Å². The third-order valence-corrected chi connectivity index (χ3v) is 14.4. The van der Waals surface area contributed by atoms with Crippen molar-refractivity contribution in [3.8, 4) is 0 Å². The van der Waals surface area contributed by atoms with Gasteiger partial charge in [0.25, 0.3) is 0 Å². The number of nitrogens with one attached hydrogen (secondary N) is 1. The number of fused-ring (bicyclic) bond motifs is 2. The average molecular weight is 787 g/mol. The van der Waals surface area contributed by atoms with E-state index in [-0.39, 0.29) is 47.3 Å². The zero-order valence-electron chi connectivity index (χ0n) is 29.4. The number of esters is 2. The van der Waals surface area contributed by atoms with Crippen molar-refractivity contribution in [3.63, 3.8) is 0 Å². The summed E-state index contributed by atoms with van der Waals surface area (Å²) >= 11 is 1.38. The number of aliphatic carboxylic acids is 2. The summed E-state index contributed by atoms with van der Waals surface area (Å²) in [6.45, 7) is 4.07. The number of nitrogens with zero attached hydrogens (tertiary/aromatic N) is 4. The van der Waals surface area contributed by atoms with Crippen molar-refractivity contribution in [2.45, 2.75) is 72.0 Å². The third kappa shape index (κ3) is 6.86. The molecule has 4 fully saturated rings. The number of thioether (sulfide) groups is 1. The van der Waals surface area contributed by atoms with Gasteiger partial charge in [0, 0.05) is 29.0 Å². The summed E-state index contributed by atoms with van der Waals surface area (Å²) in [4.78, 5) is 85.0. The topological polar surface area (TPSA) is 287 Å². The molecule has 0 radical (unpaired) electrons. The minimum atomic E-state index is -4.12. The number of amides is 2. The summed E-state index contributed by atoms with van der Waals surface area (Å²) < 4.78 is 33.2. The number of β-lactam (4-membered cyclic amide) rings is 1. The fourth-order valence-corrected chi connectivity index (χ4v) is 11.4. The molecule has 3 aliphatic heterocycles. The van der Waals surface area contributed by atoms with Gasteiger partial charge in [-0.1, -0.05) is 35.5 Å². The Kier molecular flexibility index (Phi) is 11.9. The number of hydrogen-bond donors (Lipinski definition) is 3. The van der Waals surface area contributed by atoms with E-state index >= 15 is 0 Å². The van der Waals surface area contributed by atoms with E-state index in [4.69, 9.17) is 5.73 Å². The van der Waals surface area contributed by atoms with Crippen molar-refractivity contribution >= 4 is 63.1 Å². The second-order valence-electron chi connectivity index (χ2n) is 13.3. The molecule has 4 heterocycles. The van der Waals surface area contributed by atoms with Crippen molar-refractivity contribution in [2.75, 3.05) is 14.2 Å². The van der Waals surface area contributed by atoms with Gasteiger partial charge in [0.2, 0.25) is 17.5 Å². The molecule has 2 aromatic rings. The minimum Gasteiger partial charge on any atom is -0.550 e. The van der Waals surface area contributed by atoms with E-state index in [1.54, 1.807) is 38.1 Å². The van der Waals surface area contributed by atoms with Crippen LogP contribution in [0.25, 0.3) is 0 Å². The Morgan fingerprint density at radius 1 is 1.09 bits per heavy atom. The fourth-order valence-electron chi connectivity index (χ4n) is 7.15. The van der Waals surface area contributed by atoms with Gasteiger partial charge in [0.1, 0.15) is 29.3 Å². The Morgan fingerprint density at radius 2 is 1.70 bits per heavy atom. The van der Waals surface area contributed by atoms with Crippen LogP contribution in [0.2, 0.25) is 0 Å². The first-order valence-electron chi connectivity index (χ1n) is 15.7. The zero-order valence-corrected chi connectivity index (χ0v) is 33.0. The number of aromatic nitrogens is 3. The van der Waals surface area contributed by atoms with Crippen LogP contribution in [-0.2, 0) is 49.8 Å². The van der Waals surface area contributed by atoms with Crippen LogP contribution in [0.5, 0.6) is 0 Å². The molecule has 1 aromatic heterocycles. The molecule has 3 unspecified atom stereocenters. The van der Waals surface area contributed by atoms with E-state index in [2.05, 4.69) is 25.1 Å². The zero-order chi connectivity index (χ0) is 38.7. The molecule has 2 amide bonds. The number of Topliss-reactive ketones (excluding diaryl/α,β-unsaturated/α-hetero) is 1. The Labute approximate surface area is 328 Å². The minimum absolute atomic E-state index is 0. The number of carboxylic acid groups (broad SMARTS) is 2. The molecule has 22 heteroatoms. The van der Waals surface area contributed by atoms with Gasteiger partial charge in [0.15, 0.2) is 15.5 Å². The van der Waals surface area contributed by atoms with Crippen LogP contribution in [0.1, 0.15) is 59.8 Å². The standard InChI is InChI=1S/C16H19N3O4S.C15H17N3O9S.Na/c1-16(2)11(15(22)23)19-13(21)10(14(19)24-16)18-12(20)9(17)8-6-4-3-5-7-8;1-15(9(12(20)21)8-6(19)4-7(8)28(15,24)25)5-18-11(14(23)27-3)10(16-17-18)13(22)26-2;/h3-7,9-11,14H,17H2,1-2H3,(H,18,20)(H,22,23);7-9H,4-5H2,1-3H3,(H,20,21);/q;;+1/p-1/t9?,10-,11+,14-;7?,8?,9-,15-;/m10./s1. The maximum absolute atomic E-state index is 13.0. The number of ketones is 1. The first-order chi connectivity index (χ1) is 24.2. The van der Waals surface area contributed by atoms with Crippen LogP contribution in [-0.4, -0.2) is 121 Å². The predicted octanol–water partition coefficient (Wildman–Crippen LogP) is -5.32. The van der Waals surface area contributed by atoms with Crippen molar-refractivity contribution < 1.29 is 91.2 Å². The van der Waals surface area contributed by atoms with Crippen molar-refractivity contribution in [1.29, 1.82) is 0 Å². The molecule has 53 heavy (non-hydrogen) atoms. The van der Waals surface area contributed by atoms with Gasteiger partial charge in [-0.25, -0.2) is 27.5 Å². The van der Waals surface area contributed by atoms with Crippen LogP contribution >= 0.6 is 11.8 Å². The molecule has 280 valence electrons. The van der Waals surface area contributed by atoms with Gasteiger partial charge in [-0.15, -0.1) is 16.9 Å². The smallest absolute Gasteiger partial charge is 0.550 e. The van der Waals surface area contributed by atoms with E-state index in [1.807, 2.05) is 6.07 Å². The van der Waals surface area contributed by atoms with Gasteiger partial charge < -0.3 is 40.4 Å². The number of ether oxygens (including phenoxy) is 2. The van der Waals surface area contributed by atoms with Gasteiger partial charge in [-0.2, -0.15) is 0 Å². The summed E-state index contributed by atoms with van der Waals surface area (Å²) in [6.07, 6.45) is -0.277. The SMILES string of the molecule is CC1(C)S[C@@H]2[C@H](NC(=O)C(N)c3ccccc3)C(=O)N2[C@H]1C(=O)O.COC(=O)c1nnn(C[C@@]2(C)[C@H](C(=O)[O-])C3C(=O)CC3S2(=O)=O)c1C(=O)OC.[Na+]. The van der Waals surface area contributed by atoms with E-state index < -0.39 is 108 Å². The van der Waals surface area contributed by atoms with Gasteiger partial charge >= 0.3 is 47.5 Å². The number of carbonyl (C=O) groups excluding carboxylic acids is 6. The van der Waals surface area contributed by atoms with Crippen LogP contribution in [0, 0.1) is 11.8 Å². The number of rotatable bonds is 9. The maximum atomic E-state index is 13.0. The number of sulfone groups is 1. The van der Waals surface area contributed by atoms with E-state index in [0.717, 1.165) is 25.8 Å². The molecule has 3 saturated heterocycles. The Morgan fingerprint density at radius 3 is 2.23 bits per heavy atom. The summed E-state index contributed by atoms with van der Waals surface area (Å²) in [7, 11) is -2.05. The largest absolute Gasteiger partial charge is 1.00 e. The van der Waals surface area contributed by atoms with Gasteiger partial charge in [-0.05, 0) is 26.3 Å². The number of benzene rings is 1. The number of carbonyl (C=O) groups is 7.